The van der Waals surface area contributed by atoms with Crippen molar-refractivity contribution in [3.05, 3.63) is 35.4 Å². The fourth-order valence-electron chi connectivity index (χ4n) is 1.74. The first-order chi connectivity index (χ1) is 8.29. The molecule has 1 aromatic rings. The molecule has 0 bridgehead atoms. The Morgan fingerprint density at radius 3 is 2.94 bits per heavy atom. The van der Waals surface area contributed by atoms with Crippen LogP contribution in [0.1, 0.15) is 17.5 Å². The van der Waals surface area contributed by atoms with Crippen molar-refractivity contribution in [2.45, 2.75) is 12.8 Å². The summed E-state index contributed by atoms with van der Waals surface area (Å²) < 4.78 is 0. The zero-order valence-corrected chi connectivity index (χ0v) is 9.76. The number of guanidine groups is 1. The molecule has 4 heteroatoms. The first-order valence-corrected chi connectivity index (χ1v) is 5.83. The average molecular weight is 228 g/mol. The second kappa shape index (κ2) is 5.35. The van der Waals surface area contributed by atoms with Crippen molar-refractivity contribution in [1.29, 1.82) is 5.26 Å². The van der Waals surface area contributed by atoms with Gasteiger partial charge in [-0.2, -0.15) is 5.26 Å². The van der Waals surface area contributed by atoms with Crippen molar-refractivity contribution >= 4 is 5.96 Å². The second-order valence-corrected chi connectivity index (χ2v) is 4.14. The molecule has 0 aliphatic carbocycles. The van der Waals surface area contributed by atoms with Gasteiger partial charge in [-0.1, -0.05) is 12.1 Å². The van der Waals surface area contributed by atoms with Gasteiger partial charge in [-0.05, 0) is 30.5 Å². The summed E-state index contributed by atoms with van der Waals surface area (Å²) in [6, 6.07) is 9.75. The van der Waals surface area contributed by atoms with Crippen LogP contribution in [0.2, 0.25) is 0 Å². The number of nitriles is 1. The van der Waals surface area contributed by atoms with Gasteiger partial charge in [0.15, 0.2) is 5.96 Å². The lowest BCUT2D eigenvalue weighted by Gasteiger charge is -2.31. The summed E-state index contributed by atoms with van der Waals surface area (Å²) >= 11 is 0. The molecule has 0 atom stereocenters. The highest BCUT2D eigenvalue weighted by atomic mass is 15.3. The summed E-state index contributed by atoms with van der Waals surface area (Å²) in [6.07, 6.45) is 2.03. The van der Waals surface area contributed by atoms with Gasteiger partial charge in [0.25, 0.3) is 0 Å². The molecule has 1 aliphatic rings. The fourth-order valence-corrected chi connectivity index (χ4v) is 1.74. The van der Waals surface area contributed by atoms with Crippen LogP contribution in [0.4, 0.5) is 0 Å². The predicted molar refractivity (Wildman–Crippen MR) is 67.5 cm³/mol. The van der Waals surface area contributed by atoms with Gasteiger partial charge in [0.1, 0.15) is 0 Å². The Morgan fingerprint density at radius 2 is 2.29 bits per heavy atom. The van der Waals surface area contributed by atoms with Crippen LogP contribution in [0.15, 0.2) is 29.3 Å². The monoisotopic (exact) mass is 228 g/mol. The fraction of sp³-hybridized carbons (Fsp3) is 0.385. The quantitative estimate of drug-likeness (QED) is 0.623. The van der Waals surface area contributed by atoms with E-state index in [4.69, 9.17) is 11.0 Å². The molecular formula is C13H16N4. The summed E-state index contributed by atoms with van der Waals surface area (Å²) in [5, 5.41) is 8.78. The number of benzene rings is 1. The molecule has 0 saturated carbocycles. The van der Waals surface area contributed by atoms with Crippen LogP contribution in [0.5, 0.6) is 0 Å². The van der Waals surface area contributed by atoms with Crippen molar-refractivity contribution in [2.24, 2.45) is 10.7 Å². The molecule has 0 amide bonds. The number of hydrogen-bond acceptors (Lipinski definition) is 2. The molecule has 0 aromatic heterocycles. The van der Waals surface area contributed by atoms with E-state index < -0.39 is 0 Å². The topological polar surface area (TPSA) is 65.4 Å². The van der Waals surface area contributed by atoms with Gasteiger partial charge in [-0.15, -0.1) is 0 Å². The predicted octanol–water partition coefficient (Wildman–Crippen LogP) is 1.12. The highest BCUT2D eigenvalue weighted by Gasteiger charge is 2.14. The third-order valence-corrected chi connectivity index (χ3v) is 2.91. The molecule has 1 heterocycles. The number of hydrogen-bond donors (Lipinski definition) is 1. The van der Waals surface area contributed by atoms with Gasteiger partial charge in [-0.25, -0.2) is 0 Å². The van der Waals surface area contributed by atoms with E-state index in [0.717, 1.165) is 25.1 Å². The number of nitrogens with two attached hydrogens (primary N) is 1. The van der Waals surface area contributed by atoms with Gasteiger partial charge in [0, 0.05) is 19.6 Å². The van der Waals surface area contributed by atoms with Crippen LogP contribution in [0.3, 0.4) is 0 Å². The minimum Gasteiger partial charge on any atom is -0.370 e. The third-order valence-electron chi connectivity index (χ3n) is 2.91. The minimum atomic E-state index is 0.646. The first kappa shape index (κ1) is 11.5. The maximum absolute atomic E-state index is 8.78. The van der Waals surface area contributed by atoms with Crippen molar-refractivity contribution in [3.8, 4) is 6.07 Å². The van der Waals surface area contributed by atoms with Crippen LogP contribution in [-0.4, -0.2) is 30.5 Å². The highest BCUT2D eigenvalue weighted by Crippen LogP contribution is 2.06. The van der Waals surface area contributed by atoms with Gasteiger partial charge < -0.3 is 10.6 Å². The van der Waals surface area contributed by atoms with E-state index in [2.05, 4.69) is 16.0 Å². The van der Waals surface area contributed by atoms with Crippen LogP contribution < -0.4 is 5.73 Å². The Balaban J connectivity index is 1.87. The largest absolute Gasteiger partial charge is 0.370 e. The van der Waals surface area contributed by atoms with Crippen LogP contribution in [0.25, 0.3) is 0 Å². The Hall–Kier alpha value is -2.02. The lowest BCUT2D eigenvalue weighted by atomic mass is 10.1. The number of aliphatic imine (C=N–C) groups is 1. The van der Waals surface area contributed by atoms with E-state index in [0.29, 0.717) is 18.1 Å². The molecule has 0 radical (unpaired) electrons. The lowest BCUT2D eigenvalue weighted by molar-refractivity contribution is 0.296. The van der Waals surface area contributed by atoms with E-state index in [9.17, 15) is 0 Å². The molecule has 0 spiro atoms. The van der Waals surface area contributed by atoms with Crippen molar-refractivity contribution in [3.63, 3.8) is 0 Å². The maximum atomic E-state index is 8.78. The number of likely N-dealkylation sites (tertiary alicyclic amines) is 1. The SMILES string of the molecule is N#Cc1cccc(CCN=C(N)N2CCC2)c1. The molecular weight excluding hydrogens is 212 g/mol. The van der Waals surface area contributed by atoms with Gasteiger partial charge in [0.05, 0.1) is 11.6 Å². The zero-order valence-electron chi connectivity index (χ0n) is 9.76. The summed E-state index contributed by atoms with van der Waals surface area (Å²) in [6.45, 7) is 2.73. The Kier molecular flexibility index (Phi) is 3.61. The Morgan fingerprint density at radius 1 is 1.47 bits per heavy atom. The molecule has 17 heavy (non-hydrogen) atoms. The van der Waals surface area contributed by atoms with Crippen molar-refractivity contribution in [2.75, 3.05) is 19.6 Å². The van der Waals surface area contributed by atoms with E-state index in [1.54, 1.807) is 6.07 Å². The molecule has 88 valence electrons. The lowest BCUT2D eigenvalue weighted by Crippen LogP contribution is -2.46. The van der Waals surface area contributed by atoms with Crippen LogP contribution in [0, 0.1) is 11.3 Å². The molecule has 1 saturated heterocycles. The molecule has 4 nitrogen and oxygen atoms in total. The molecule has 1 aromatic carbocycles. The molecule has 0 unspecified atom stereocenters. The van der Waals surface area contributed by atoms with Gasteiger partial charge >= 0.3 is 0 Å². The summed E-state index contributed by atoms with van der Waals surface area (Å²) in [5.74, 6) is 0.646. The number of nitrogens with zero attached hydrogens (tertiary/aromatic N) is 3. The van der Waals surface area contributed by atoms with Gasteiger partial charge in [-0.3, -0.25) is 4.99 Å². The van der Waals surface area contributed by atoms with E-state index >= 15 is 0 Å². The highest BCUT2D eigenvalue weighted by molar-refractivity contribution is 5.78. The second-order valence-electron chi connectivity index (χ2n) is 4.14. The molecule has 2 rings (SSSR count). The maximum Gasteiger partial charge on any atom is 0.191 e. The Bertz CT molecular complexity index is 455. The van der Waals surface area contributed by atoms with Crippen molar-refractivity contribution in [1.82, 2.24) is 4.90 Å². The standard InChI is InChI=1S/C13H16N4/c14-10-12-4-1-3-11(9-12)5-6-16-13(15)17-7-2-8-17/h1,3-4,9H,2,5-8H2,(H2,15,16). The zero-order chi connectivity index (χ0) is 12.1. The normalized spacial score (nSPS) is 15.2. The average Bonchev–Trinajstić information content (AvgIpc) is 2.27. The van der Waals surface area contributed by atoms with E-state index in [1.165, 1.54) is 6.42 Å². The smallest absolute Gasteiger partial charge is 0.191 e. The van der Waals surface area contributed by atoms with Crippen LogP contribution in [-0.2, 0) is 6.42 Å². The summed E-state index contributed by atoms with van der Waals surface area (Å²) in [7, 11) is 0. The van der Waals surface area contributed by atoms with Gasteiger partial charge in [0.2, 0.25) is 0 Å². The summed E-state index contributed by atoms with van der Waals surface area (Å²) in [5.41, 5.74) is 7.65. The molecule has 1 fully saturated rings. The van der Waals surface area contributed by atoms with E-state index in [1.807, 2.05) is 18.2 Å². The summed E-state index contributed by atoms with van der Waals surface area (Å²) in [4.78, 5) is 6.41. The van der Waals surface area contributed by atoms with Crippen LogP contribution >= 0.6 is 0 Å². The molecule has 2 N–H and O–H groups in total. The minimum absolute atomic E-state index is 0.646. The molecule has 1 aliphatic heterocycles. The van der Waals surface area contributed by atoms with Crippen molar-refractivity contribution < 1.29 is 0 Å². The van der Waals surface area contributed by atoms with E-state index in [-0.39, 0.29) is 0 Å². The Labute approximate surface area is 101 Å². The first-order valence-electron chi connectivity index (χ1n) is 5.83. The third kappa shape index (κ3) is 2.97. The number of rotatable bonds is 3.